The summed E-state index contributed by atoms with van der Waals surface area (Å²) in [4.78, 5) is 19.9. The topological polar surface area (TPSA) is 42.9 Å². The molecule has 0 bridgehead atoms. The lowest BCUT2D eigenvalue weighted by molar-refractivity contribution is 0.112. The van der Waals surface area contributed by atoms with Crippen molar-refractivity contribution in [2.75, 3.05) is 0 Å². The van der Waals surface area contributed by atoms with Crippen molar-refractivity contribution in [1.82, 2.24) is 9.97 Å². The van der Waals surface area contributed by atoms with Gasteiger partial charge in [0, 0.05) is 17.3 Å². The first-order chi connectivity index (χ1) is 8.19. The van der Waals surface area contributed by atoms with Crippen LogP contribution in [0.2, 0.25) is 0 Å². The number of hydrogen-bond donors (Lipinski definition) is 0. The minimum atomic E-state index is 0.495. The van der Waals surface area contributed by atoms with Crippen LogP contribution in [0.1, 0.15) is 21.5 Å². The second-order valence-electron chi connectivity index (χ2n) is 3.79. The average Bonchev–Trinajstić information content (AvgIpc) is 2.34. The molecular weight excluding hydrogens is 232 g/mol. The molecule has 17 heavy (non-hydrogen) atoms. The Bertz CT molecular complexity index is 538. The highest BCUT2D eigenvalue weighted by molar-refractivity contribution is 7.99. The normalized spacial score (nSPS) is 10.2. The zero-order valence-electron chi connectivity index (χ0n) is 9.68. The lowest BCUT2D eigenvalue weighted by Crippen LogP contribution is -1.90. The van der Waals surface area contributed by atoms with Crippen molar-refractivity contribution in [3.63, 3.8) is 0 Å². The molecule has 1 aromatic heterocycles. The molecule has 0 atom stereocenters. The fourth-order valence-electron chi connectivity index (χ4n) is 1.45. The Labute approximate surface area is 104 Å². The molecule has 0 unspecified atom stereocenters. The zero-order chi connectivity index (χ0) is 12.3. The van der Waals surface area contributed by atoms with Gasteiger partial charge in [-0.2, -0.15) is 0 Å². The van der Waals surface area contributed by atoms with E-state index in [1.165, 1.54) is 35.3 Å². The number of rotatable bonds is 3. The van der Waals surface area contributed by atoms with E-state index in [0.717, 1.165) is 11.2 Å². The van der Waals surface area contributed by atoms with Crippen LogP contribution >= 0.6 is 11.8 Å². The third-order valence-electron chi connectivity index (χ3n) is 2.32. The molecule has 0 saturated heterocycles. The van der Waals surface area contributed by atoms with Crippen LogP contribution in [0.5, 0.6) is 0 Å². The molecule has 0 spiro atoms. The monoisotopic (exact) mass is 244 g/mol. The highest BCUT2D eigenvalue weighted by Crippen LogP contribution is 2.27. The Morgan fingerprint density at radius 3 is 2.47 bits per heavy atom. The van der Waals surface area contributed by atoms with Gasteiger partial charge < -0.3 is 0 Å². The highest BCUT2D eigenvalue weighted by Gasteiger charge is 2.03. The number of nitrogens with zero attached hydrogens (tertiary/aromatic N) is 2. The predicted octanol–water partition coefficient (Wildman–Crippen LogP) is 3.06. The highest BCUT2D eigenvalue weighted by atomic mass is 32.2. The van der Waals surface area contributed by atoms with E-state index in [-0.39, 0.29) is 0 Å². The maximum atomic E-state index is 10.5. The summed E-state index contributed by atoms with van der Waals surface area (Å²) in [6.07, 6.45) is 3.81. The predicted molar refractivity (Wildman–Crippen MR) is 67.5 cm³/mol. The van der Waals surface area contributed by atoms with Crippen LogP contribution in [0.4, 0.5) is 0 Å². The molecule has 0 fully saturated rings. The standard InChI is InChI=1S/C13H12N2OS/c1-9-3-4-12(10(2)5-9)17-13-14-6-11(8-16)7-15-13/h3-8H,1-2H3. The summed E-state index contributed by atoms with van der Waals surface area (Å²) in [6.45, 7) is 4.13. The van der Waals surface area contributed by atoms with Crippen LogP contribution in [0.15, 0.2) is 40.6 Å². The first-order valence-electron chi connectivity index (χ1n) is 5.21. The van der Waals surface area contributed by atoms with E-state index in [1.807, 2.05) is 0 Å². The summed E-state index contributed by atoms with van der Waals surface area (Å²) in [5.41, 5.74) is 2.94. The summed E-state index contributed by atoms with van der Waals surface area (Å²) in [5, 5.41) is 0.655. The Balaban J connectivity index is 2.22. The molecule has 0 aliphatic carbocycles. The van der Waals surface area contributed by atoms with E-state index in [0.29, 0.717) is 10.7 Å². The number of carbonyl (C=O) groups is 1. The first-order valence-corrected chi connectivity index (χ1v) is 6.03. The van der Waals surface area contributed by atoms with Crippen LogP contribution in [0, 0.1) is 13.8 Å². The minimum absolute atomic E-state index is 0.495. The van der Waals surface area contributed by atoms with Crippen LogP contribution < -0.4 is 0 Å². The first kappa shape index (κ1) is 11.8. The number of aromatic nitrogens is 2. The molecule has 1 aromatic carbocycles. The molecule has 0 aliphatic rings. The van der Waals surface area contributed by atoms with Gasteiger partial charge >= 0.3 is 0 Å². The third kappa shape index (κ3) is 2.91. The fourth-order valence-corrected chi connectivity index (χ4v) is 2.22. The van der Waals surface area contributed by atoms with Gasteiger partial charge in [-0.05, 0) is 37.2 Å². The van der Waals surface area contributed by atoms with Crippen molar-refractivity contribution in [3.8, 4) is 0 Å². The number of benzene rings is 1. The Kier molecular flexibility index (Phi) is 3.54. The molecular formula is C13H12N2OS. The van der Waals surface area contributed by atoms with Crippen molar-refractivity contribution in [2.24, 2.45) is 0 Å². The molecule has 4 heteroatoms. The third-order valence-corrected chi connectivity index (χ3v) is 3.39. The van der Waals surface area contributed by atoms with Crippen LogP contribution in [0.25, 0.3) is 0 Å². The number of aldehydes is 1. The Morgan fingerprint density at radius 1 is 1.18 bits per heavy atom. The minimum Gasteiger partial charge on any atom is -0.298 e. The van der Waals surface area contributed by atoms with E-state index in [9.17, 15) is 4.79 Å². The second-order valence-corrected chi connectivity index (χ2v) is 4.80. The smallest absolute Gasteiger partial charge is 0.192 e. The van der Waals surface area contributed by atoms with E-state index in [4.69, 9.17) is 0 Å². The van der Waals surface area contributed by atoms with E-state index in [2.05, 4.69) is 42.0 Å². The van der Waals surface area contributed by atoms with Gasteiger partial charge in [-0.15, -0.1) is 0 Å². The van der Waals surface area contributed by atoms with Crippen molar-refractivity contribution in [2.45, 2.75) is 23.9 Å². The van der Waals surface area contributed by atoms with E-state index in [1.54, 1.807) is 0 Å². The van der Waals surface area contributed by atoms with Gasteiger partial charge in [0.25, 0.3) is 0 Å². The molecule has 1 heterocycles. The van der Waals surface area contributed by atoms with Gasteiger partial charge in [-0.1, -0.05) is 17.7 Å². The summed E-state index contributed by atoms with van der Waals surface area (Å²) in [6, 6.07) is 6.25. The molecule has 0 radical (unpaired) electrons. The van der Waals surface area contributed by atoms with Crippen molar-refractivity contribution in [1.29, 1.82) is 0 Å². The van der Waals surface area contributed by atoms with Crippen molar-refractivity contribution >= 4 is 18.0 Å². The number of aryl methyl sites for hydroxylation is 2. The van der Waals surface area contributed by atoms with Gasteiger partial charge in [0.05, 0.1) is 5.56 Å². The molecule has 0 saturated carbocycles. The Morgan fingerprint density at radius 2 is 1.88 bits per heavy atom. The molecule has 2 rings (SSSR count). The number of carbonyl (C=O) groups excluding carboxylic acids is 1. The second kappa shape index (κ2) is 5.10. The molecule has 86 valence electrons. The van der Waals surface area contributed by atoms with Crippen LogP contribution in [-0.2, 0) is 0 Å². The van der Waals surface area contributed by atoms with Crippen LogP contribution in [-0.4, -0.2) is 16.3 Å². The lowest BCUT2D eigenvalue weighted by Gasteiger charge is -2.05. The molecule has 2 aromatic rings. The van der Waals surface area contributed by atoms with Gasteiger partial charge in [0.15, 0.2) is 11.4 Å². The van der Waals surface area contributed by atoms with Gasteiger partial charge in [0.1, 0.15) is 0 Å². The average molecular weight is 244 g/mol. The van der Waals surface area contributed by atoms with Gasteiger partial charge in [0.2, 0.25) is 0 Å². The van der Waals surface area contributed by atoms with Gasteiger partial charge in [-0.25, -0.2) is 9.97 Å². The Hall–Kier alpha value is -1.68. The maximum Gasteiger partial charge on any atom is 0.192 e. The summed E-state index contributed by atoms with van der Waals surface area (Å²) in [5.74, 6) is 0. The molecule has 0 N–H and O–H groups in total. The molecule has 0 amide bonds. The van der Waals surface area contributed by atoms with Crippen molar-refractivity contribution < 1.29 is 4.79 Å². The fraction of sp³-hybridized carbons (Fsp3) is 0.154. The molecule has 3 nitrogen and oxygen atoms in total. The quantitative estimate of drug-likeness (QED) is 0.614. The summed E-state index contributed by atoms with van der Waals surface area (Å²) < 4.78 is 0. The summed E-state index contributed by atoms with van der Waals surface area (Å²) in [7, 11) is 0. The number of hydrogen-bond acceptors (Lipinski definition) is 4. The van der Waals surface area contributed by atoms with Gasteiger partial charge in [-0.3, -0.25) is 4.79 Å². The van der Waals surface area contributed by atoms with E-state index < -0.39 is 0 Å². The van der Waals surface area contributed by atoms with E-state index >= 15 is 0 Å². The molecule has 0 aliphatic heterocycles. The van der Waals surface area contributed by atoms with Crippen LogP contribution in [0.3, 0.4) is 0 Å². The summed E-state index contributed by atoms with van der Waals surface area (Å²) >= 11 is 1.50. The largest absolute Gasteiger partial charge is 0.298 e. The SMILES string of the molecule is Cc1ccc(Sc2ncc(C=O)cn2)c(C)c1. The maximum absolute atomic E-state index is 10.5. The van der Waals surface area contributed by atoms with Crippen molar-refractivity contribution in [3.05, 3.63) is 47.3 Å². The zero-order valence-corrected chi connectivity index (χ0v) is 10.5. The lowest BCUT2D eigenvalue weighted by atomic mass is 10.2.